The minimum atomic E-state index is -0.440. The van der Waals surface area contributed by atoms with Gasteiger partial charge in [-0.3, -0.25) is 0 Å². The highest BCUT2D eigenvalue weighted by molar-refractivity contribution is 5.91. The quantitative estimate of drug-likeness (QED) is 0.809. The number of aromatic nitrogens is 2. The van der Waals surface area contributed by atoms with Crippen molar-refractivity contribution in [2.45, 2.75) is 25.3 Å². The molecule has 0 aliphatic heterocycles. The third-order valence-electron chi connectivity index (χ3n) is 4.17. The number of aliphatic hydroxyl groups is 1. The van der Waals surface area contributed by atoms with Gasteiger partial charge in [0.15, 0.2) is 0 Å². The number of benzene rings is 1. The Kier molecular flexibility index (Phi) is 4.57. The number of rotatable bonds is 4. The molecule has 7 heteroatoms. The van der Waals surface area contributed by atoms with Crippen LogP contribution in [0.2, 0.25) is 0 Å². The van der Waals surface area contributed by atoms with Crippen LogP contribution in [0, 0.1) is 11.7 Å². The lowest BCUT2D eigenvalue weighted by Gasteiger charge is -2.20. The van der Waals surface area contributed by atoms with Gasteiger partial charge in [-0.2, -0.15) is 5.10 Å². The first-order valence-corrected chi connectivity index (χ1v) is 7.65. The molecule has 3 rings (SSSR count). The van der Waals surface area contributed by atoms with Crippen molar-refractivity contribution < 1.29 is 14.3 Å². The van der Waals surface area contributed by atoms with Crippen molar-refractivity contribution in [2.75, 3.05) is 11.9 Å². The molecule has 0 unspecified atom stereocenters. The van der Waals surface area contributed by atoms with Gasteiger partial charge in [-0.15, -0.1) is 0 Å². The fourth-order valence-corrected chi connectivity index (χ4v) is 2.99. The Hall–Kier alpha value is -2.41. The lowest BCUT2D eigenvalue weighted by Crippen LogP contribution is -2.41. The van der Waals surface area contributed by atoms with Crippen LogP contribution in [0.15, 0.2) is 36.7 Å². The van der Waals surface area contributed by atoms with Gasteiger partial charge in [0.2, 0.25) is 0 Å². The summed E-state index contributed by atoms with van der Waals surface area (Å²) in [5.41, 5.74) is 0.918. The van der Waals surface area contributed by atoms with Gasteiger partial charge in [0.25, 0.3) is 0 Å². The first-order valence-electron chi connectivity index (χ1n) is 7.65. The van der Waals surface area contributed by atoms with Crippen LogP contribution in [-0.4, -0.2) is 33.6 Å². The minimum absolute atomic E-state index is 0.0540. The van der Waals surface area contributed by atoms with Gasteiger partial charge in [-0.25, -0.2) is 13.9 Å². The molecule has 0 saturated heterocycles. The number of urea groups is 1. The number of aliphatic hydroxyl groups excluding tert-OH is 1. The molecular formula is C16H19FN4O2. The number of amides is 2. The topological polar surface area (TPSA) is 79.2 Å². The molecule has 0 spiro atoms. The fourth-order valence-electron chi connectivity index (χ4n) is 2.99. The molecule has 6 nitrogen and oxygen atoms in total. The highest BCUT2D eigenvalue weighted by Gasteiger charge is 2.28. The van der Waals surface area contributed by atoms with Crippen LogP contribution < -0.4 is 10.6 Å². The van der Waals surface area contributed by atoms with Gasteiger partial charge in [-0.1, -0.05) is 6.42 Å². The van der Waals surface area contributed by atoms with E-state index in [0.29, 0.717) is 11.4 Å². The summed E-state index contributed by atoms with van der Waals surface area (Å²) in [5.74, 6) is -0.357. The number of nitrogens with zero attached hydrogens (tertiary/aromatic N) is 2. The average molecular weight is 318 g/mol. The molecule has 0 bridgehead atoms. The average Bonchev–Trinajstić information content (AvgIpc) is 3.18. The zero-order valence-electron chi connectivity index (χ0n) is 12.6. The van der Waals surface area contributed by atoms with Crippen LogP contribution >= 0.6 is 0 Å². The second kappa shape index (κ2) is 6.78. The van der Waals surface area contributed by atoms with Gasteiger partial charge in [0, 0.05) is 31.0 Å². The highest BCUT2D eigenvalue weighted by Crippen LogP contribution is 2.25. The molecule has 0 radical (unpaired) electrons. The molecule has 1 heterocycles. The smallest absolute Gasteiger partial charge is 0.319 e. The molecule has 1 saturated carbocycles. The van der Waals surface area contributed by atoms with Gasteiger partial charge in [0.05, 0.1) is 11.4 Å². The third kappa shape index (κ3) is 3.50. The monoisotopic (exact) mass is 318 g/mol. The van der Waals surface area contributed by atoms with E-state index >= 15 is 0 Å². The summed E-state index contributed by atoms with van der Waals surface area (Å²) in [6, 6.07) is 5.42. The SMILES string of the molecule is O=C(Nc1cc(F)ccc1-n1cccn1)N[C@@H]1CCC[C@@H]1CO. The van der Waals surface area contributed by atoms with E-state index in [9.17, 15) is 14.3 Å². The zero-order valence-corrected chi connectivity index (χ0v) is 12.6. The van der Waals surface area contributed by atoms with E-state index in [0.717, 1.165) is 19.3 Å². The molecule has 1 aliphatic carbocycles. The lowest BCUT2D eigenvalue weighted by atomic mass is 10.1. The number of carbonyl (C=O) groups excluding carboxylic acids is 1. The summed E-state index contributed by atoms with van der Waals surface area (Å²) < 4.78 is 15.1. The Balaban J connectivity index is 1.74. The highest BCUT2D eigenvalue weighted by atomic mass is 19.1. The zero-order chi connectivity index (χ0) is 16.2. The number of hydrogen-bond donors (Lipinski definition) is 3. The molecule has 2 atom stereocenters. The molecule has 1 aliphatic rings. The lowest BCUT2D eigenvalue weighted by molar-refractivity contribution is 0.203. The maximum absolute atomic E-state index is 13.5. The molecular weight excluding hydrogens is 299 g/mol. The largest absolute Gasteiger partial charge is 0.396 e. The van der Waals surface area contributed by atoms with Crippen molar-refractivity contribution >= 4 is 11.7 Å². The van der Waals surface area contributed by atoms with Crippen LogP contribution in [0.5, 0.6) is 0 Å². The predicted molar refractivity (Wildman–Crippen MR) is 83.9 cm³/mol. The predicted octanol–water partition coefficient (Wildman–Crippen LogP) is 2.29. The Morgan fingerprint density at radius 2 is 2.30 bits per heavy atom. The van der Waals surface area contributed by atoms with E-state index < -0.39 is 11.8 Å². The summed E-state index contributed by atoms with van der Waals surface area (Å²) in [7, 11) is 0. The Labute approximate surface area is 133 Å². The second-order valence-corrected chi connectivity index (χ2v) is 5.69. The van der Waals surface area contributed by atoms with E-state index in [1.54, 1.807) is 29.2 Å². The van der Waals surface area contributed by atoms with Crippen LogP contribution in [0.3, 0.4) is 0 Å². The van der Waals surface area contributed by atoms with Crippen molar-refractivity contribution in [3.05, 3.63) is 42.5 Å². The molecule has 1 aromatic carbocycles. The number of carbonyl (C=O) groups is 1. The summed E-state index contributed by atoms with van der Waals surface area (Å²) in [6.07, 6.45) is 6.05. The molecule has 122 valence electrons. The van der Waals surface area contributed by atoms with Gasteiger partial charge >= 0.3 is 6.03 Å². The molecule has 2 aromatic rings. The fraction of sp³-hybridized carbons (Fsp3) is 0.375. The first kappa shape index (κ1) is 15.5. The van der Waals surface area contributed by atoms with E-state index in [-0.39, 0.29) is 18.6 Å². The Morgan fingerprint density at radius 3 is 3.04 bits per heavy atom. The van der Waals surface area contributed by atoms with E-state index in [1.165, 1.54) is 12.1 Å². The van der Waals surface area contributed by atoms with Crippen molar-refractivity contribution in [1.29, 1.82) is 0 Å². The molecule has 23 heavy (non-hydrogen) atoms. The van der Waals surface area contributed by atoms with Crippen LogP contribution in [0.1, 0.15) is 19.3 Å². The molecule has 1 fully saturated rings. The normalized spacial score (nSPS) is 20.4. The first-order chi connectivity index (χ1) is 11.2. The molecule has 1 aromatic heterocycles. The Bertz CT molecular complexity index is 675. The second-order valence-electron chi connectivity index (χ2n) is 5.69. The third-order valence-corrected chi connectivity index (χ3v) is 4.17. The summed E-state index contributed by atoms with van der Waals surface area (Å²) in [4.78, 5) is 12.2. The maximum atomic E-state index is 13.5. The maximum Gasteiger partial charge on any atom is 0.319 e. The summed E-state index contributed by atoms with van der Waals surface area (Å²) >= 11 is 0. The summed E-state index contributed by atoms with van der Waals surface area (Å²) in [5, 5.41) is 19.0. The van der Waals surface area contributed by atoms with Gasteiger partial charge < -0.3 is 15.7 Å². The minimum Gasteiger partial charge on any atom is -0.396 e. The van der Waals surface area contributed by atoms with Crippen molar-refractivity contribution in [2.24, 2.45) is 5.92 Å². The molecule has 2 amide bonds. The van der Waals surface area contributed by atoms with Crippen LogP contribution in [-0.2, 0) is 0 Å². The van der Waals surface area contributed by atoms with Crippen molar-refractivity contribution in [3.63, 3.8) is 0 Å². The van der Waals surface area contributed by atoms with Crippen molar-refractivity contribution in [1.82, 2.24) is 15.1 Å². The van der Waals surface area contributed by atoms with Crippen LogP contribution in [0.4, 0.5) is 14.9 Å². The summed E-state index contributed by atoms with van der Waals surface area (Å²) in [6.45, 7) is 0.0590. The number of halogens is 1. The van der Waals surface area contributed by atoms with Gasteiger partial charge in [-0.05, 0) is 37.1 Å². The standard InChI is InChI=1S/C16H19FN4O2/c17-12-5-6-15(21-8-2-7-18-21)14(9-12)20-16(23)19-13-4-1-3-11(13)10-22/h2,5-9,11,13,22H,1,3-4,10H2,(H2,19,20,23)/t11-,13-/m1/s1. The number of hydrogen-bond acceptors (Lipinski definition) is 3. The van der Waals surface area contributed by atoms with E-state index in [2.05, 4.69) is 15.7 Å². The number of anilines is 1. The van der Waals surface area contributed by atoms with Crippen LogP contribution in [0.25, 0.3) is 5.69 Å². The van der Waals surface area contributed by atoms with E-state index in [4.69, 9.17) is 0 Å². The Morgan fingerprint density at radius 1 is 1.43 bits per heavy atom. The number of nitrogens with one attached hydrogen (secondary N) is 2. The van der Waals surface area contributed by atoms with Gasteiger partial charge in [0.1, 0.15) is 5.82 Å². The van der Waals surface area contributed by atoms with Crippen molar-refractivity contribution in [3.8, 4) is 5.69 Å². The van der Waals surface area contributed by atoms with E-state index in [1.807, 2.05) is 0 Å². The molecule has 3 N–H and O–H groups in total.